The van der Waals surface area contributed by atoms with Gasteiger partial charge in [-0.15, -0.1) is 0 Å². The molecular formula is C19H20N2O5. The average Bonchev–Trinajstić information content (AvgIpc) is 3.07. The molecule has 7 heteroatoms. The van der Waals surface area contributed by atoms with E-state index >= 15 is 0 Å². The van der Waals surface area contributed by atoms with Crippen molar-refractivity contribution in [1.82, 2.24) is 5.32 Å². The summed E-state index contributed by atoms with van der Waals surface area (Å²) in [5, 5.41) is 2.79. The Hall–Kier alpha value is -3.22. The highest BCUT2D eigenvalue weighted by Gasteiger charge is 2.32. The first-order valence-corrected chi connectivity index (χ1v) is 8.15. The van der Waals surface area contributed by atoms with Gasteiger partial charge < -0.3 is 19.5 Å². The Morgan fingerprint density at radius 3 is 2.58 bits per heavy atom. The first-order valence-electron chi connectivity index (χ1n) is 8.15. The van der Waals surface area contributed by atoms with Crippen molar-refractivity contribution >= 4 is 17.7 Å². The third kappa shape index (κ3) is 3.88. The normalized spacial score (nSPS) is 16.2. The summed E-state index contributed by atoms with van der Waals surface area (Å²) in [4.78, 5) is 25.8. The maximum Gasteiger partial charge on any atom is 0.414 e. The van der Waals surface area contributed by atoms with Gasteiger partial charge in [-0.25, -0.2) is 4.79 Å². The van der Waals surface area contributed by atoms with Gasteiger partial charge in [0.25, 0.3) is 5.91 Å². The molecule has 1 aliphatic heterocycles. The molecule has 0 radical (unpaired) electrons. The Morgan fingerprint density at radius 1 is 1.15 bits per heavy atom. The van der Waals surface area contributed by atoms with Gasteiger partial charge in [0.2, 0.25) is 0 Å². The molecule has 0 saturated carbocycles. The second-order valence-electron chi connectivity index (χ2n) is 5.76. The molecule has 1 N–H and O–H groups in total. The molecule has 1 saturated heterocycles. The standard InChI is InChI=1S/C19H20N2O5/c1-24-15-8-6-13(7-9-15)18(22)20-11-17-12-21(19(23)26-17)14-4-3-5-16(10-14)25-2/h3-10,17H,11-12H2,1-2H3,(H,20,22). The van der Waals surface area contributed by atoms with Crippen molar-refractivity contribution in [2.75, 3.05) is 32.2 Å². The molecule has 1 unspecified atom stereocenters. The number of methoxy groups -OCH3 is 2. The van der Waals surface area contributed by atoms with E-state index in [1.54, 1.807) is 56.7 Å². The molecule has 2 aromatic rings. The SMILES string of the molecule is COc1ccc(C(=O)NCC2CN(c3cccc(OC)c3)C(=O)O2)cc1. The van der Waals surface area contributed by atoms with Crippen LogP contribution in [0.2, 0.25) is 0 Å². The Bertz CT molecular complexity index is 791. The molecule has 1 fully saturated rings. The van der Waals surface area contributed by atoms with Gasteiger partial charge in [0.15, 0.2) is 0 Å². The summed E-state index contributed by atoms with van der Waals surface area (Å²) in [5.41, 5.74) is 1.21. The van der Waals surface area contributed by atoms with E-state index in [1.807, 2.05) is 6.07 Å². The molecule has 1 heterocycles. The summed E-state index contributed by atoms with van der Waals surface area (Å²) >= 11 is 0. The molecular weight excluding hydrogens is 336 g/mol. The number of anilines is 1. The first-order chi connectivity index (χ1) is 12.6. The van der Waals surface area contributed by atoms with Crippen LogP contribution < -0.4 is 19.7 Å². The van der Waals surface area contributed by atoms with Gasteiger partial charge in [-0.2, -0.15) is 0 Å². The number of ether oxygens (including phenoxy) is 3. The van der Waals surface area contributed by atoms with Gasteiger partial charge in [0.1, 0.15) is 17.6 Å². The molecule has 0 aromatic heterocycles. The molecule has 7 nitrogen and oxygen atoms in total. The Balaban J connectivity index is 1.57. The van der Waals surface area contributed by atoms with Gasteiger partial charge in [-0.3, -0.25) is 9.69 Å². The smallest absolute Gasteiger partial charge is 0.414 e. The number of cyclic esters (lactones) is 1. The maximum atomic E-state index is 12.2. The summed E-state index contributed by atoms with van der Waals surface area (Å²) in [7, 11) is 3.14. The second kappa shape index (κ2) is 7.77. The quantitative estimate of drug-likeness (QED) is 0.860. The summed E-state index contributed by atoms with van der Waals surface area (Å²) in [5.74, 6) is 1.11. The molecule has 2 aromatic carbocycles. The lowest BCUT2D eigenvalue weighted by Crippen LogP contribution is -2.34. The fraction of sp³-hybridized carbons (Fsp3) is 0.263. The lowest BCUT2D eigenvalue weighted by Gasteiger charge is -2.14. The van der Waals surface area contributed by atoms with Gasteiger partial charge in [-0.1, -0.05) is 6.07 Å². The molecule has 2 amide bonds. The third-order valence-electron chi connectivity index (χ3n) is 4.08. The molecule has 26 heavy (non-hydrogen) atoms. The van der Waals surface area contributed by atoms with Gasteiger partial charge in [0, 0.05) is 11.6 Å². The predicted octanol–water partition coefficient (Wildman–Crippen LogP) is 2.46. The van der Waals surface area contributed by atoms with Gasteiger partial charge in [0.05, 0.1) is 33.0 Å². The Kier molecular flexibility index (Phi) is 5.26. The molecule has 1 atom stereocenters. The summed E-state index contributed by atoms with van der Waals surface area (Å²) < 4.78 is 15.6. The highest BCUT2D eigenvalue weighted by atomic mass is 16.6. The van der Waals surface area contributed by atoms with Crippen LogP contribution in [0.15, 0.2) is 48.5 Å². The van der Waals surface area contributed by atoms with Crippen molar-refractivity contribution in [2.24, 2.45) is 0 Å². The summed E-state index contributed by atoms with van der Waals surface area (Å²) in [6.07, 6.45) is -0.863. The largest absolute Gasteiger partial charge is 0.497 e. The Labute approximate surface area is 151 Å². The van der Waals surface area contributed by atoms with Crippen LogP contribution in [0.1, 0.15) is 10.4 Å². The van der Waals surface area contributed by atoms with Crippen molar-refractivity contribution in [1.29, 1.82) is 0 Å². The van der Waals surface area contributed by atoms with Crippen LogP contribution in [-0.4, -0.2) is 45.4 Å². The number of hydrogen-bond donors (Lipinski definition) is 1. The molecule has 0 bridgehead atoms. The highest BCUT2D eigenvalue weighted by molar-refractivity contribution is 5.94. The summed E-state index contributed by atoms with van der Waals surface area (Å²) in [6.45, 7) is 0.589. The maximum absolute atomic E-state index is 12.2. The van der Waals surface area contributed by atoms with Crippen molar-refractivity contribution in [2.45, 2.75) is 6.10 Å². The van der Waals surface area contributed by atoms with Crippen LogP contribution in [-0.2, 0) is 4.74 Å². The van der Waals surface area contributed by atoms with Gasteiger partial charge >= 0.3 is 6.09 Å². The summed E-state index contributed by atoms with van der Waals surface area (Å²) in [6, 6.07) is 14.0. The third-order valence-corrected chi connectivity index (χ3v) is 4.08. The number of benzene rings is 2. The van der Waals surface area contributed by atoms with Crippen LogP contribution >= 0.6 is 0 Å². The lowest BCUT2D eigenvalue weighted by atomic mass is 10.2. The number of nitrogens with zero attached hydrogens (tertiary/aromatic N) is 1. The van der Waals surface area contributed by atoms with E-state index in [2.05, 4.69) is 5.32 Å². The number of amides is 2. The van der Waals surface area contributed by atoms with E-state index in [0.717, 1.165) is 0 Å². The van der Waals surface area contributed by atoms with Gasteiger partial charge in [-0.05, 0) is 36.4 Å². The zero-order valence-electron chi connectivity index (χ0n) is 14.6. The zero-order valence-corrected chi connectivity index (χ0v) is 14.6. The minimum absolute atomic E-state index is 0.233. The highest BCUT2D eigenvalue weighted by Crippen LogP contribution is 2.25. The first kappa shape index (κ1) is 17.6. The van der Waals surface area contributed by atoms with Crippen molar-refractivity contribution in [3.63, 3.8) is 0 Å². The van der Waals surface area contributed by atoms with E-state index < -0.39 is 12.2 Å². The number of carbonyl (C=O) groups is 2. The van der Waals surface area contributed by atoms with E-state index in [1.165, 1.54) is 4.90 Å². The van der Waals surface area contributed by atoms with E-state index in [9.17, 15) is 9.59 Å². The molecule has 3 rings (SSSR count). The van der Waals surface area contributed by atoms with Crippen LogP contribution in [0, 0.1) is 0 Å². The molecule has 0 aliphatic carbocycles. The van der Waals surface area contributed by atoms with Crippen LogP contribution in [0.5, 0.6) is 11.5 Å². The topological polar surface area (TPSA) is 77.1 Å². The molecule has 0 spiro atoms. The predicted molar refractivity (Wildman–Crippen MR) is 95.9 cm³/mol. The zero-order chi connectivity index (χ0) is 18.5. The van der Waals surface area contributed by atoms with E-state index in [4.69, 9.17) is 14.2 Å². The molecule has 1 aliphatic rings. The van der Waals surface area contributed by atoms with Crippen molar-refractivity contribution in [3.05, 3.63) is 54.1 Å². The lowest BCUT2D eigenvalue weighted by molar-refractivity contribution is 0.0916. The number of rotatable bonds is 6. The van der Waals surface area contributed by atoms with Crippen LogP contribution in [0.3, 0.4) is 0 Å². The average molecular weight is 356 g/mol. The number of carbonyl (C=O) groups excluding carboxylic acids is 2. The Morgan fingerprint density at radius 2 is 1.88 bits per heavy atom. The number of nitrogens with one attached hydrogen (secondary N) is 1. The minimum atomic E-state index is -0.443. The van der Waals surface area contributed by atoms with Crippen LogP contribution in [0.25, 0.3) is 0 Å². The molecule has 136 valence electrons. The second-order valence-corrected chi connectivity index (χ2v) is 5.76. The fourth-order valence-electron chi connectivity index (χ4n) is 2.67. The van der Waals surface area contributed by atoms with Crippen molar-refractivity contribution < 1.29 is 23.8 Å². The number of hydrogen-bond acceptors (Lipinski definition) is 5. The van der Waals surface area contributed by atoms with E-state index in [0.29, 0.717) is 29.3 Å². The minimum Gasteiger partial charge on any atom is -0.497 e. The fourth-order valence-corrected chi connectivity index (χ4v) is 2.67. The monoisotopic (exact) mass is 356 g/mol. The van der Waals surface area contributed by atoms with Crippen LogP contribution in [0.4, 0.5) is 10.5 Å². The van der Waals surface area contributed by atoms with E-state index in [-0.39, 0.29) is 12.5 Å². The van der Waals surface area contributed by atoms with Crippen molar-refractivity contribution in [3.8, 4) is 11.5 Å².